The van der Waals surface area contributed by atoms with E-state index in [1.54, 1.807) is 18.2 Å². The lowest BCUT2D eigenvalue weighted by atomic mass is 10.1. The molecule has 4 nitrogen and oxygen atoms in total. The third-order valence-electron chi connectivity index (χ3n) is 2.07. The van der Waals surface area contributed by atoms with Crippen molar-refractivity contribution < 1.29 is 9.47 Å². The Morgan fingerprint density at radius 3 is 2.71 bits per heavy atom. The summed E-state index contributed by atoms with van der Waals surface area (Å²) in [5, 5.41) is 8.89. The molecular weight excluding hydrogens is 180 g/mol. The monoisotopic (exact) mass is 190 g/mol. The van der Waals surface area contributed by atoms with Crippen LogP contribution in [-0.4, -0.2) is 13.2 Å². The summed E-state index contributed by atoms with van der Waals surface area (Å²) in [6, 6.07) is 7.20. The molecule has 1 aromatic rings. The van der Waals surface area contributed by atoms with Gasteiger partial charge in [0.2, 0.25) is 0 Å². The first-order valence-corrected chi connectivity index (χ1v) is 4.34. The molecule has 4 heteroatoms. The number of rotatable bonds is 1. The summed E-state index contributed by atoms with van der Waals surface area (Å²) in [6.45, 7) is 1.14. The smallest absolute Gasteiger partial charge is 0.185 e. The number of anilines is 1. The predicted octanol–water partition coefficient (Wildman–Crippen LogP) is 1.19. The van der Waals surface area contributed by atoms with Gasteiger partial charge in [0.05, 0.1) is 24.8 Å². The molecule has 1 aromatic carbocycles. The summed E-state index contributed by atoms with van der Waals surface area (Å²) in [4.78, 5) is 0. The SMILES string of the molecule is N#Cc1cc(N)ccc1C1OCCO1. The van der Waals surface area contributed by atoms with Crippen molar-refractivity contribution in [3.63, 3.8) is 0 Å². The molecule has 1 aliphatic rings. The van der Waals surface area contributed by atoms with Crippen molar-refractivity contribution in [1.82, 2.24) is 0 Å². The first kappa shape index (κ1) is 9.00. The maximum atomic E-state index is 8.89. The Balaban J connectivity index is 2.37. The molecular formula is C10H10N2O2. The van der Waals surface area contributed by atoms with Crippen LogP contribution >= 0.6 is 0 Å². The van der Waals surface area contributed by atoms with E-state index in [0.29, 0.717) is 24.5 Å². The minimum absolute atomic E-state index is 0.412. The van der Waals surface area contributed by atoms with Crippen LogP contribution in [0.5, 0.6) is 0 Å². The highest BCUT2D eigenvalue weighted by Crippen LogP contribution is 2.27. The van der Waals surface area contributed by atoms with Crippen LogP contribution in [0.15, 0.2) is 18.2 Å². The van der Waals surface area contributed by atoms with Crippen molar-refractivity contribution in [1.29, 1.82) is 5.26 Å². The second-order valence-corrected chi connectivity index (χ2v) is 3.03. The summed E-state index contributed by atoms with van der Waals surface area (Å²) >= 11 is 0. The zero-order chi connectivity index (χ0) is 9.97. The van der Waals surface area contributed by atoms with Crippen LogP contribution in [-0.2, 0) is 9.47 Å². The van der Waals surface area contributed by atoms with Crippen molar-refractivity contribution >= 4 is 5.69 Å². The van der Waals surface area contributed by atoms with Crippen LogP contribution in [0.25, 0.3) is 0 Å². The van der Waals surface area contributed by atoms with E-state index >= 15 is 0 Å². The molecule has 1 fully saturated rings. The Kier molecular flexibility index (Phi) is 2.35. The van der Waals surface area contributed by atoms with Gasteiger partial charge in [0.25, 0.3) is 0 Å². The average molecular weight is 190 g/mol. The molecule has 0 bridgehead atoms. The Morgan fingerprint density at radius 2 is 2.07 bits per heavy atom. The lowest BCUT2D eigenvalue weighted by Crippen LogP contribution is -2.01. The number of nitrogen functional groups attached to an aromatic ring is 1. The van der Waals surface area contributed by atoms with Gasteiger partial charge >= 0.3 is 0 Å². The van der Waals surface area contributed by atoms with E-state index < -0.39 is 6.29 Å². The number of benzene rings is 1. The lowest BCUT2D eigenvalue weighted by Gasteiger charge is -2.10. The lowest BCUT2D eigenvalue weighted by molar-refractivity contribution is -0.0442. The number of nitrogens with two attached hydrogens (primary N) is 1. The molecule has 0 aromatic heterocycles. The first-order valence-electron chi connectivity index (χ1n) is 4.34. The van der Waals surface area contributed by atoms with Crippen molar-refractivity contribution in [2.45, 2.75) is 6.29 Å². The van der Waals surface area contributed by atoms with Crippen molar-refractivity contribution in [3.05, 3.63) is 29.3 Å². The number of hydrogen-bond acceptors (Lipinski definition) is 4. The fourth-order valence-electron chi connectivity index (χ4n) is 1.41. The fourth-order valence-corrected chi connectivity index (χ4v) is 1.41. The van der Waals surface area contributed by atoms with Crippen LogP contribution in [0.1, 0.15) is 17.4 Å². The quantitative estimate of drug-likeness (QED) is 0.675. The van der Waals surface area contributed by atoms with Crippen molar-refractivity contribution in [3.8, 4) is 6.07 Å². The standard InChI is InChI=1S/C10H10N2O2/c11-6-7-5-8(12)1-2-9(7)10-13-3-4-14-10/h1-2,5,10H,3-4,12H2. The molecule has 2 N–H and O–H groups in total. The van der Waals surface area contributed by atoms with E-state index in [4.69, 9.17) is 20.5 Å². The van der Waals surface area contributed by atoms with Gasteiger partial charge in [-0.25, -0.2) is 0 Å². The minimum atomic E-state index is -0.412. The van der Waals surface area contributed by atoms with Crippen LogP contribution in [0, 0.1) is 11.3 Å². The summed E-state index contributed by atoms with van der Waals surface area (Å²) in [5.41, 5.74) is 7.40. The van der Waals surface area contributed by atoms with Gasteiger partial charge in [0.15, 0.2) is 6.29 Å². The number of nitrogens with zero attached hydrogens (tertiary/aromatic N) is 1. The topological polar surface area (TPSA) is 68.3 Å². The Hall–Kier alpha value is -1.57. The summed E-state index contributed by atoms with van der Waals surface area (Å²) in [5.74, 6) is 0. The zero-order valence-corrected chi connectivity index (χ0v) is 7.56. The first-order chi connectivity index (χ1) is 6.81. The second-order valence-electron chi connectivity index (χ2n) is 3.03. The van der Waals surface area contributed by atoms with E-state index in [-0.39, 0.29) is 0 Å². The molecule has 0 saturated carbocycles. The Morgan fingerprint density at radius 1 is 1.36 bits per heavy atom. The van der Waals surface area contributed by atoms with Gasteiger partial charge in [-0.1, -0.05) is 6.07 Å². The van der Waals surface area contributed by atoms with Crippen LogP contribution in [0.2, 0.25) is 0 Å². The highest BCUT2D eigenvalue weighted by molar-refractivity contribution is 5.50. The molecule has 14 heavy (non-hydrogen) atoms. The van der Waals surface area contributed by atoms with Gasteiger partial charge in [0.1, 0.15) is 0 Å². The Bertz CT molecular complexity index is 378. The van der Waals surface area contributed by atoms with Crippen LogP contribution in [0.3, 0.4) is 0 Å². The molecule has 72 valence electrons. The molecule has 1 heterocycles. The largest absolute Gasteiger partial charge is 0.399 e. The van der Waals surface area contributed by atoms with Gasteiger partial charge < -0.3 is 15.2 Å². The van der Waals surface area contributed by atoms with Gasteiger partial charge in [-0.15, -0.1) is 0 Å². The normalized spacial score (nSPS) is 16.8. The second kappa shape index (κ2) is 3.66. The number of nitriles is 1. The minimum Gasteiger partial charge on any atom is -0.399 e. The summed E-state index contributed by atoms with van der Waals surface area (Å²) < 4.78 is 10.6. The van der Waals surface area contributed by atoms with Crippen molar-refractivity contribution in [2.24, 2.45) is 0 Å². The molecule has 0 radical (unpaired) electrons. The Labute approximate surface area is 81.8 Å². The van der Waals surface area contributed by atoms with E-state index in [1.165, 1.54) is 0 Å². The molecule has 0 unspecified atom stereocenters. The number of ether oxygens (including phenoxy) is 2. The van der Waals surface area contributed by atoms with E-state index in [0.717, 1.165) is 5.56 Å². The highest BCUT2D eigenvalue weighted by Gasteiger charge is 2.21. The van der Waals surface area contributed by atoms with Gasteiger partial charge in [-0.05, 0) is 12.1 Å². The maximum Gasteiger partial charge on any atom is 0.185 e. The van der Waals surface area contributed by atoms with Crippen molar-refractivity contribution in [2.75, 3.05) is 18.9 Å². The van der Waals surface area contributed by atoms with Gasteiger partial charge in [-0.2, -0.15) is 5.26 Å². The molecule has 1 aliphatic heterocycles. The van der Waals surface area contributed by atoms with E-state index in [9.17, 15) is 0 Å². The van der Waals surface area contributed by atoms with E-state index in [1.807, 2.05) is 0 Å². The van der Waals surface area contributed by atoms with Crippen LogP contribution in [0.4, 0.5) is 5.69 Å². The molecule has 0 spiro atoms. The molecule has 0 atom stereocenters. The zero-order valence-electron chi connectivity index (χ0n) is 7.56. The van der Waals surface area contributed by atoms with Gasteiger partial charge in [0, 0.05) is 11.3 Å². The third-order valence-corrected chi connectivity index (χ3v) is 2.07. The highest BCUT2D eigenvalue weighted by atomic mass is 16.7. The van der Waals surface area contributed by atoms with Gasteiger partial charge in [-0.3, -0.25) is 0 Å². The predicted molar refractivity (Wildman–Crippen MR) is 50.2 cm³/mol. The molecule has 0 amide bonds. The molecule has 0 aliphatic carbocycles. The maximum absolute atomic E-state index is 8.89. The van der Waals surface area contributed by atoms with E-state index in [2.05, 4.69) is 6.07 Å². The third kappa shape index (κ3) is 1.55. The number of hydrogen-bond donors (Lipinski definition) is 1. The summed E-state index contributed by atoms with van der Waals surface area (Å²) in [7, 11) is 0. The fraction of sp³-hybridized carbons (Fsp3) is 0.300. The van der Waals surface area contributed by atoms with Crippen LogP contribution < -0.4 is 5.73 Å². The average Bonchev–Trinajstić information content (AvgIpc) is 2.70. The molecule has 2 rings (SSSR count). The molecule has 1 saturated heterocycles. The summed E-state index contributed by atoms with van der Waals surface area (Å²) in [6.07, 6.45) is -0.412.